The molecule has 1 atom stereocenters. The number of para-hydroxylation sites is 1. The van der Waals surface area contributed by atoms with E-state index in [4.69, 9.17) is 13.6 Å². The third kappa shape index (κ3) is 3.21. The van der Waals surface area contributed by atoms with E-state index in [1.165, 1.54) is 24.5 Å². The van der Waals surface area contributed by atoms with E-state index in [0.29, 0.717) is 11.0 Å². The van der Waals surface area contributed by atoms with E-state index in [9.17, 15) is 29.7 Å². The van der Waals surface area contributed by atoms with Crippen LogP contribution in [0.1, 0.15) is 23.5 Å². The third-order valence-electron chi connectivity index (χ3n) is 6.27. The molecule has 2 aromatic heterocycles. The van der Waals surface area contributed by atoms with Crippen molar-refractivity contribution < 1.29 is 33.7 Å². The molecule has 0 amide bonds. The molecule has 5 aromatic rings. The third-order valence-corrected chi connectivity index (χ3v) is 6.27. The fourth-order valence-corrected chi connectivity index (χ4v) is 4.58. The summed E-state index contributed by atoms with van der Waals surface area (Å²) < 4.78 is 17.1. The summed E-state index contributed by atoms with van der Waals surface area (Å²) in [4.78, 5) is 38.9. The summed E-state index contributed by atoms with van der Waals surface area (Å²) in [6.45, 7) is 0. The number of benzene rings is 3. The number of phenolic OH excluding ortho intramolecular Hbond substituents is 3. The summed E-state index contributed by atoms with van der Waals surface area (Å²) in [6, 6.07) is 12.8. The van der Waals surface area contributed by atoms with Crippen molar-refractivity contribution in [1.29, 1.82) is 0 Å². The van der Waals surface area contributed by atoms with Crippen molar-refractivity contribution in [3.63, 3.8) is 0 Å². The van der Waals surface area contributed by atoms with Crippen LogP contribution in [0.2, 0.25) is 0 Å². The van der Waals surface area contributed by atoms with Crippen LogP contribution in [0.25, 0.3) is 33.3 Å². The zero-order chi connectivity index (χ0) is 25.1. The molecule has 3 heterocycles. The molecule has 0 aliphatic carbocycles. The second-order valence-electron chi connectivity index (χ2n) is 8.44. The molecule has 0 unspecified atom stereocenters. The molecule has 3 N–H and O–H groups in total. The summed E-state index contributed by atoms with van der Waals surface area (Å²) in [5.41, 5.74) is 0.00862. The highest BCUT2D eigenvalue weighted by Crippen LogP contribution is 2.45. The van der Waals surface area contributed by atoms with Crippen molar-refractivity contribution in [1.82, 2.24) is 0 Å². The quantitative estimate of drug-likeness (QED) is 0.191. The van der Waals surface area contributed by atoms with E-state index in [1.807, 2.05) is 0 Å². The van der Waals surface area contributed by atoms with E-state index < -0.39 is 28.8 Å². The highest BCUT2D eigenvalue weighted by molar-refractivity contribution is 5.93. The lowest BCUT2D eigenvalue weighted by atomic mass is 9.85. The molecule has 0 saturated heterocycles. The first-order chi connectivity index (χ1) is 17.3. The van der Waals surface area contributed by atoms with E-state index in [-0.39, 0.29) is 56.8 Å². The van der Waals surface area contributed by atoms with E-state index in [2.05, 4.69) is 0 Å². The lowest BCUT2D eigenvalue weighted by Gasteiger charge is -2.25. The fourth-order valence-electron chi connectivity index (χ4n) is 4.58. The van der Waals surface area contributed by atoms with Crippen LogP contribution in [-0.2, 0) is 4.79 Å². The fraction of sp³-hybridized carbons (Fsp3) is 0.0741. The van der Waals surface area contributed by atoms with Crippen LogP contribution in [0.15, 0.2) is 79.3 Å². The van der Waals surface area contributed by atoms with Crippen LogP contribution >= 0.6 is 0 Å². The number of hydrogen-bond donors (Lipinski definition) is 3. The maximum Gasteiger partial charge on any atom is 0.312 e. The number of ether oxygens (including phenoxy) is 1. The van der Waals surface area contributed by atoms with Gasteiger partial charge in [0.05, 0.1) is 18.1 Å². The molecule has 0 radical (unpaired) electrons. The molecule has 0 bridgehead atoms. The van der Waals surface area contributed by atoms with Gasteiger partial charge in [-0.2, -0.15) is 0 Å². The maximum atomic E-state index is 13.4. The molecule has 1 aliphatic heterocycles. The van der Waals surface area contributed by atoms with Crippen LogP contribution in [0.3, 0.4) is 0 Å². The van der Waals surface area contributed by atoms with Crippen LogP contribution in [-0.4, -0.2) is 21.3 Å². The monoisotopic (exact) mass is 484 g/mol. The average Bonchev–Trinajstić information content (AvgIpc) is 2.85. The predicted octanol–water partition coefficient (Wildman–Crippen LogP) is 4.12. The summed E-state index contributed by atoms with van der Waals surface area (Å²) in [6.07, 6.45) is 1.04. The molecule has 1 aliphatic rings. The van der Waals surface area contributed by atoms with Crippen LogP contribution < -0.4 is 15.6 Å². The Kier molecular flexibility index (Phi) is 4.62. The van der Waals surface area contributed by atoms with E-state index >= 15 is 0 Å². The zero-order valence-corrected chi connectivity index (χ0v) is 18.3. The van der Waals surface area contributed by atoms with Gasteiger partial charge in [-0.15, -0.1) is 0 Å². The standard InChI is InChI=1S/C27H16O9/c28-16-6-5-12(7-17(16)29)21-9-18(30)25-19(31)10-22-24(27(25)36-21)14(8-23(32)35-22)15-11-34-20-4-2-1-3-13(20)26(15)33/h1-7,9-11,14,28-29,31H,8H2/t14-/m0/s1. The van der Waals surface area contributed by atoms with Gasteiger partial charge in [0.1, 0.15) is 33.8 Å². The number of aromatic hydroxyl groups is 3. The molecule has 178 valence electrons. The van der Waals surface area contributed by atoms with Gasteiger partial charge in [0, 0.05) is 34.7 Å². The smallest absolute Gasteiger partial charge is 0.312 e. The molecule has 0 fully saturated rings. The Hall–Kier alpha value is -5.05. The highest BCUT2D eigenvalue weighted by atomic mass is 16.5. The Morgan fingerprint density at radius 3 is 2.47 bits per heavy atom. The predicted molar refractivity (Wildman–Crippen MR) is 127 cm³/mol. The van der Waals surface area contributed by atoms with Crippen molar-refractivity contribution in [3.05, 3.63) is 92.4 Å². The minimum Gasteiger partial charge on any atom is -0.507 e. The normalized spacial score (nSPS) is 15.1. The van der Waals surface area contributed by atoms with Gasteiger partial charge in [-0.1, -0.05) is 12.1 Å². The first-order valence-corrected chi connectivity index (χ1v) is 10.9. The molecule has 9 heteroatoms. The van der Waals surface area contributed by atoms with Crippen molar-refractivity contribution in [3.8, 4) is 34.3 Å². The first kappa shape index (κ1) is 21.5. The second-order valence-corrected chi connectivity index (χ2v) is 8.44. The highest BCUT2D eigenvalue weighted by Gasteiger charge is 2.35. The van der Waals surface area contributed by atoms with Gasteiger partial charge in [0.15, 0.2) is 22.4 Å². The number of carbonyl (C=O) groups is 1. The molecule has 9 nitrogen and oxygen atoms in total. The maximum absolute atomic E-state index is 13.4. The van der Waals surface area contributed by atoms with Gasteiger partial charge >= 0.3 is 5.97 Å². The van der Waals surface area contributed by atoms with Gasteiger partial charge < -0.3 is 28.9 Å². The summed E-state index contributed by atoms with van der Waals surface area (Å²) in [5.74, 6) is -2.80. The van der Waals surface area contributed by atoms with Crippen molar-refractivity contribution in [2.24, 2.45) is 0 Å². The van der Waals surface area contributed by atoms with E-state index in [1.54, 1.807) is 24.3 Å². The van der Waals surface area contributed by atoms with Gasteiger partial charge in [-0.25, -0.2) is 0 Å². The lowest BCUT2D eigenvalue weighted by molar-refractivity contribution is -0.135. The van der Waals surface area contributed by atoms with Crippen LogP contribution in [0, 0.1) is 0 Å². The second kappa shape index (κ2) is 7.74. The van der Waals surface area contributed by atoms with Gasteiger partial charge in [0.2, 0.25) is 0 Å². The summed E-state index contributed by atoms with van der Waals surface area (Å²) in [7, 11) is 0. The summed E-state index contributed by atoms with van der Waals surface area (Å²) >= 11 is 0. The van der Waals surface area contributed by atoms with Crippen LogP contribution in [0.5, 0.6) is 23.0 Å². The Labute approximate surface area is 201 Å². The molecule has 0 saturated carbocycles. The number of rotatable bonds is 2. The van der Waals surface area contributed by atoms with E-state index in [0.717, 1.165) is 12.1 Å². The minimum atomic E-state index is -0.892. The van der Waals surface area contributed by atoms with Gasteiger partial charge in [-0.05, 0) is 30.3 Å². The summed E-state index contributed by atoms with van der Waals surface area (Å²) in [5, 5.41) is 30.3. The molecule has 6 rings (SSSR count). The average molecular weight is 484 g/mol. The van der Waals surface area contributed by atoms with Crippen molar-refractivity contribution in [2.75, 3.05) is 0 Å². The number of fused-ring (bicyclic) bond motifs is 4. The Morgan fingerprint density at radius 1 is 0.861 bits per heavy atom. The van der Waals surface area contributed by atoms with Gasteiger partial charge in [0.25, 0.3) is 0 Å². The molecular weight excluding hydrogens is 468 g/mol. The molecule has 36 heavy (non-hydrogen) atoms. The first-order valence-electron chi connectivity index (χ1n) is 10.9. The Morgan fingerprint density at radius 2 is 1.67 bits per heavy atom. The molecular formula is C27H16O9. The lowest BCUT2D eigenvalue weighted by Crippen LogP contribution is -2.25. The van der Waals surface area contributed by atoms with Crippen molar-refractivity contribution in [2.45, 2.75) is 12.3 Å². The van der Waals surface area contributed by atoms with Crippen LogP contribution in [0.4, 0.5) is 0 Å². The number of hydrogen-bond acceptors (Lipinski definition) is 9. The topological polar surface area (TPSA) is 147 Å². The minimum absolute atomic E-state index is 0.0248. The zero-order valence-electron chi connectivity index (χ0n) is 18.3. The molecule has 3 aromatic carbocycles. The SMILES string of the molecule is O=C1C[C@@H](c2coc3ccccc3c2=O)c2c(cc(O)c3c(=O)cc(-c4ccc(O)c(O)c4)oc23)O1. The Bertz CT molecular complexity index is 1850. The molecule has 0 spiro atoms. The number of esters is 1. The number of phenols is 3. The van der Waals surface area contributed by atoms with Crippen molar-refractivity contribution >= 4 is 27.9 Å². The Balaban J connectivity index is 1.67. The largest absolute Gasteiger partial charge is 0.507 e. The number of carbonyl (C=O) groups excluding carboxylic acids is 1. The van der Waals surface area contributed by atoms with Gasteiger partial charge in [-0.3, -0.25) is 14.4 Å².